The predicted molar refractivity (Wildman–Crippen MR) is 152 cm³/mol. The summed E-state index contributed by atoms with van der Waals surface area (Å²) in [5.41, 5.74) is -0.0107. The Bertz CT molecular complexity index is 1550. The molecule has 244 valence electrons. The molecule has 1 fully saturated rings. The van der Waals surface area contributed by atoms with Gasteiger partial charge in [0.05, 0.1) is 48.1 Å². The SMILES string of the molecule is CCS(=O)(=O)c1ccc([C@H](CO)NC(=O)c2ccc(N3CC(F)(Oc4ccc(C(F)(F)F)cc4)C[C@H]3COC(F)F)cc2)cc1. The fourth-order valence-corrected chi connectivity index (χ4v) is 5.78. The van der Waals surface area contributed by atoms with Gasteiger partial charge in [-0.1, -0.05) is 19.1 Å². The average molecular weight is 661 g/mol. The minimum atomic E-state index is -4.60. The van der Waals surface area contributed by atoms with Crippen molar-refractivity contribution in [1.82, 2.24) is 5.32 Å². The van der Waals surface area contributed by atoms with E-state index in [4.69, 9.17) is 4.74 Å². The van der Waals surface area contributed by atoms with Crippen molar-refractivity contribution >= 4 is 21.4 Å². The highest BCUT2D eigenvalue weighted by Crippen LogP contribution is 2.38. The Kier molecular flexibility index (Phi) is 10.3. The highest BCUT2D eigenvalue weighted by atomic mass is 32.2. The third-order valence-electron chi connectivity index (χ3n) is 7.26. The number of carbonyl (C=O) groups is 1. The van der Waals surface area contributed by atoms with Crippen LogP contribution in [0.2, 0.25) is 0 Å². The number of hydrogen-bond acceptors (Lipinski definition) is 7. The van der Waals surface area contributed by atoms with E-state index in [0.717, 1.165) is 24.3 Å². The summed E-state index contributed by atoms with van der Waals surface area (Å²) in [6.07, 6.45) is -5.04. The number of benzene rings is 3. The number of aliphatic hydroxyl groups excluding tert-OH is 1. The van der Waals surface area contributed by atoms with Crippen molar-refractivity contribution in [2.45, 2.75) is 49.0 Å². The second-order valence-electron chi connectivity index (χ2n) is 10.3. The van der Waals surface area contributed by atoms with Crippen LogP contribution in [0.3, 0.4) is 0 Å². The molecule has 1 aliphatic rings. The lowest BCUT2D eigenvalue weighted by Crippen LogP contribution is -2.36. The normalized spacial score (nSPS) is 19.5. The van der Waals surface area contributed by atoms with Crippen molar-refractivity contribution in [2.24, 2.45) is 0 Å². The maximum absolute atomic E-state index is 15.9. The molecule has 0 spiro atoms. The van der Waals surface area contributed by atoms with E-state index in [2.05, 4.69) is 10.1 Å². The van der Waals surface area contributed by atoms with Crippen LogP contribution in [0, 0.1) is 0 Å². The van der Waals surface area contributed by atoms with Gasteiger partial charge in [0.1, 0.15) is 5.75 Å². The molecular formula is C30H30F6N2O6S. The van der Waals surface area contributed by atoms with Gasteiger partial charge < -0.3 is 24.8 Å². The van der Waals surface area contributed by atoms with E-state index in [-0.39, 0.29) is 22.0 Å². The topological polar surface area (TPSA) is 105 Å². The molecule has 0 bridgehead atoms. The van der Waals surface area contributed by atoms with Gasteiger partial charge in [-0.05, 0) is 66.2 Å². The van der Waals surface area contributed by atoms with E-state index in [9.17, 15) is 40.3 Å². The van der Waals surface area contributed by atoms with Crippen molar-refractivity contribution in [1.29, 1.82) is 0 Å². The van der Waals surface area contributed by atoms with Gasteiger partial charge in [-0.25, -0.2) is 8.42 Å². The van der Waals surface area contributed by atoms with Crippen LogP contribution >= 0.6 is 0 Å². The van der Waals surface area contributed by atoms with Gasteiger partial charge in [0, 0.05) is 17.7 Å². The number of sulfone groups is 1. The Labute approximate surface area is 255 Å². The lowest BCUT2D eigenvalue weighted by atomic mass is 10.1. The minimum absolute atomic E-state index is 0.0849. The first-order valence-electron chi connectivity index (χ1n) is 13.7. The number of nitrogens with one attached hydrogen (secondary N) is 1. The first-order chi connectivity index (χ1) is 21.1. The highest BCUT2D eigenvalue weighted by molar-refractivity contribution is 7.91. The molecule has 0 aromatic heterocycles. The van der Waals surface area contributed by atoms with Crippen LogP contribution < -0.4 is 15.0 Å². The molecule has 2 N–H and O–H groups in total. The van der Waals surface area contributed by atoms with Gasteiger partial charge in [-0.3, -0.25) is 4.79 Å². The smallest absolute Gasteiger partial charge is 0.416 e. The molecule has 4 rings (SSSR count). The summed E-state index contributed by atoms with van der Waals surface area (Å²) in [4.78, 5) is 14.4. The molecule has 0 aliphatic carbocycles. The van der Waals surface area contributed by atoms with Crippen LogP contribution in [0.4, 0.5) is 32.0 Å². The molecule has 0 saturated carbocycles. The monoisotopic (exact) mass is 660 g/mol. The third-order valence-corrected chi connectivity index (χ3v) is 9.01. The highest BCUT2D eigenvalue weighted by Gasteiger charge is 2.47. The van der Waals surface area contributed by atoms with E-state index in [1.54, 1.807) is 0 Å². The van der Waals surface area contributed by atoms with Gasteiger partial charge in [0.2, 0.25) is 0 Å². The molecule has 3 aromatic carbocycles. The first-order valence-corrected chi connectivity index (χ1v) is 15.4. The summed E-state index contributed by atoms with van der Waals surface area (Å²) in [5.74, 6) is -3.33. The quantitative estimate of drug-likeness (QED) is 0.247. The number of amides is 1. The van der Waals surface area contributed by atoms with Gasteiger partial charge in [0.25, 0.3) is 11.8 Å². The number of aliphatic hydroxyl groups is 1. The molecular weight excluding hydrogens is 630 g/mol. The number of anilines is 1. The van der Waals surface area contributed by atoms with Crippen molar-refractivity contribution in [3.63, 3.8) is 0 Å². The van der Waals surface area contributed by atoms with Crippen LogP contribution in [0.5, 0.6) is 5.75 Å². The summed E-state index contributed by atoms with van der Waals surface area (Å²) < 4.78 is 114. The Balaban J connectivity index is 1.47. The molecule has 3 aromatic rings. The summed E-state index contributed by atoms with van der Waals surface area (Å²) in [6.45, 7) is -3.17. The zero-order valence-electron chi connectivity index (χ0n) is 23.8. The lowest BCUT2D eigenvalue weighted by molar-refractivity contribution is -0.137. The van der Waals surface area contributed by atoms with Gasteiger partial charge >= 0.3 is 12.8 Å². The summed E-state index contributed by atoms with van der Waals surface area (Å²) in [6, 6.07) is 13.0. The maximum atomic E-state index is 15.9. The van der Waals surface area contributed by atoms with E-state index in [0.29, 0.717) is 11.3 Å². The van der Waals surface area contributed by atoms with Crippen molar-refractivity contribution in [2.75, 3.05) is 30.4 Å². The lowest BCUT2D eigenvalue weighted by Gasteiger charge is -2.26. The van der Waals surface area contributed by atoms with E-state index < -0.39 is 78.2 Å². The number of rotatable bonds is 12. The zero-order chi connectivity index (χ0) is 33.0. The van der Waals surface area contributed by atoms with E-state index in [1.165, 1.54) is 60.4 Å². The fourth-order valence-electron chi connectivity index (χ4n) is 4.90. The number of alkyl halides is 6. The Morgan fingerprint density at radius 1 is 1.04 bits per heavy atom. The maximum Gasteiger partial charge on any atom is 0.416 e. The predicted octanol–water partition coefficient (Wildman–Crippen LogP) is 5.53. The molecule has 15 heteroatoms. The van der Waals surface area contributed by atoms with E-state index in [1.807, 2.05) is 0 Å². The van der Waals surface area contributed by atoms with Crippen molar-refractivity contribution in [3.8, 4) is 5.75 Å². The van der Waals surface area contributed by atoms with Crippen LogP contribution in [0.15, 0.2) is 77.7 Å². The van der Waals surface area contributed by atoms with E-state index >= 15 is 4.39 Å². The minimum Gasteiger partial charge on any atom is -0.456 e. The summed E-state index contributed by atoms with van der Waals surface area (Å²) >= 11 is 0. The number of halogens is 6. The molecule has 1 amide bonds. The number of carbonyl (C=O) groups excluding carboxylic acids is 1. The standard InChI is InChI=1S/C30H30F6N2O6S/c1-2-45(41,42)25-13-5-19(6-14-25)26(16-39)37-27(40)20-3-9-22(10-4-20)38-18-29(33,15-23(38)17-43-28(31)32)44-24-11-7-21(8-12-24)30(34,35)36/h3-14,23,26,28,39H,2,15-18H2,1H3,(H,37,40)/t23-,26-,29?/m0/s1. The second-order valence-corrected chi connectivity index (χ2v) is 12.6. The molecule has 1 unspecified atom stereocenters. The van der Waals surface area contributed by atoms with Crippen LogP contribution in [0.25, 0.3) is 0 Å². The fraction of sp³-hybridized carbons (Fsp3) is 0.367. The molecule has 1 heterocycles. The van der Waals surface area contributed by atoms with Crippen LogP contribution in [-0.2, 0) is 20.8 Å². The first kappa shape index (κ1) is 34.1. The zero-order valence-corrected chi connectivity index (χ0v) is 24.6. The van der Waals surface area contributed by atoms with Gasteiger partial charge in [-0.2, -0.15) is 26.3 Å². The average Bonchev–Trinajstić information content (AvgIpc) is 3.34. The van der Waals surface area contributed by atoms with Crippen LogP contribution in [0.1, 0.15) is 40.9 Å². The molecule has 45 heavy (non-hydrogen) atoms. The molecule has 0 radical (unpaired) electrons. The van der Waals surface area contributed by atoms with Crippen molar-refractivity contribution in [3.05, 3.63) is 89.5 Å². The third kappa shape index (κ3) is 8.47. The number of hydrogen-bond donors (Lipinski definition) is 2. The number of ether oxygens (including phenoxy) is 2. The molecule has 1 aliphatic heterocycles. The Morgan fingerprint density at radius 2 is 1.67 bits per heavy atom. The molecule has 3 atom stereocenters. The summed E-state index contributed by atoms with van der Waals surface area (Å²) in [7, 11) is -3.43. The van der Waals surface area contributed by atoms with Crippen LogP contribution in [-0.4, -0.2) is 63.5 Å². The summed E-state index contributed by atoms with van der Waals surface area (Å²) in [5, 5.41) is 12.5. The Hall–Kier alpha value is -3.82. The second kappa shape index (κ2) is 13.7. The largest absolute Gasteiger partial charge is 0.456 e. The molecule has 8 nitrogen and oxygen atoms in total. The van der Waals surface area contributed by atoms with Crippen molar-refractivity contribution < 1.29 is 54.1 Å². The molecule has 1 saturated heterocycles. The Morgan fingerprint density at radius 3 is 2.20 bits per heavy atom. The van der Waals surface area contributed by atoms with Gasteiger partial charge in [0.15, 0.2) is 9.84 Å². The number of nitrogens with zero attached hydrogens (tertiary/aromatic N) is 1. The van der Waals surface area contributed by atoms with Gasteiger partial charge in [-0.15, -0.1) is 0 Å².